The summed E-state index contributed by atoms with van der Waals surface area (Å²) in [6, 6.07) is 0.146. The van der Waals surface area contributed by atoms with Crippen LogP contribution < -0.4 is 11.5 Å². The summed E-state index contributed by atoms with van der Waals surface area (Å²) in [5, 5.41) is 2.15. The van der Waals surface area contributed by atoms with Gasteiger partial charge < -0.3 is 11.5 Å². The van der Waals surface area contributed by atoms with Crippen LogP contribution in [0.3, 0.4) is 0 Å². The van der Waals surface area contributed by atoms with Crippen molar-refractivity contribution in [1.82, 2.24) is 0 Å². The van der Waals surface area contributed by atoms with E-state index in [4.69, 9.17) is 11.5 Å². The number of thioether (sulfide) groups is 2. The topological polar surface area (TPSA) is 52.0 Å². The van der Waals surface area contributed by atoms with Gasteiger partial charge >= 0.3 is 0 Å². The van der Waals surface area contributed by atoms with E-state index in [0.717, 1.165) is 17.3 Å². The molecule has 74 valence electrons. The van der Waals surface area contributed by atoms with Gasteiger partial charge in [-0.3, -0.25) is 0 Å². The highest BCUT2D eigenvalue weighted by Crippen LogP contribution is 2.17. The fourth-order valence-electron chi connectivity index (χ4n) is 0.917. The van der Waals surface area contributed by atoms with E-state index < -0.39 is 0 Å². The highest BCUT2D eigenvalue weighted by atomic mass is 32.2. The Morgan fingerprint density at radius 1 is 1.62 bits per heavy atom. The van der Waals surface area contributed by atoms with Crippen molar-refractivity contribution < 1.29 is 0 Å². The lowest BCUT2D eigenvalue weighted by Gasteiger charge is -2.09. The lowest BCUT2D eigenvalue weighted by atomic mass is 10.3. The van der Waals surface area contributed by atoms with Crippen LogP contribution in [0.15, 0.2) is 23.1 Å². The standard InChI is InChI=1S/C9H16N2S2/c10-5-9(11)7-13-6-8-1-3-12-4-2-8/h1-3,9H,4-7,10-11H2. The minimum Gasteiger partial charge on any atom is -0.329 e. The summed E-state index contributed by atoms with van der Waals surface area (Å²) < 4.78 is 0. The molecule has 1 aliphatic heterocycles. The number of rotatable bonds is 5. The first kappa shape index (κ1) is 11.2. The van der Waals surface area contributed by atoms with E-state index in [-0.39, 0.29) is 6.04 Å². The molecule has 0 bridgehead atoms. The first-order valence-electron chi connectivity index (χ1n) is 4.33. The van der Waals surface area contributed by atoms with Gasteiger partial charge in [0.2, 0.25) is 0 Å². The molecule has 0 fully saturated rings. The van der Waals surface area contributed by atoms with Crippen LogP contribution in [0.5, 0.6) is 0 Å². The monoisotopic (exact) mass is 216 g/mol. The van der Waals surface area contributed by atoms with Gasteiger partial charge in [-0.1, -0.05) is 12.2 Å². The van der Waals surface area contributed by atoms with Gasteiger partial charge in [-0.05, 0) is 11.0 Å². The second kappa shape index (κ2) is 6.54. The fourth-order valence-corrected chi connectivity index (χ4v) is 2.62. The summed E-state index contributed by atoms with van der Waals surface area (Å²) in [4.78, 5) is 0. The molecule has 0 aromatic rings. The molecule has 0 amide bonds. The van der Waals surface area contributed by atoms with Gasteiger partial charge in [-0.25, -0.2) is 0 Å². The quantitative estimate of drug-likeness (QED) is 0.725. The highest BCUT2D eigenvalue weighted by Gasteiger charge is 2.01. The largest absolute Gasteiger partial charge is 0.329 e. The van der Waals surface area contributed by atoms with Crippen LogP contribution in [0.4, 0.5) is 0 Å². The average Bonchev–Trinajstić information content (AvgIpc) is 2.19. The maximum Gasteiger partial charge on any atom is 0.0255 e. The Hall–Kier alpha value is 0.1000. The predicted molar refractivity (Wildman–Crippen MR) is 64.0 cm³/mol. The van der Waals surface area contributed by atoms with Crippen LogP contribution in [0.25, 0.3) is 0 Å². The van der Waals surface area contributed by atoms with Crippen LogP contribution in [0.2, 0.25) is 0 Å². The summed E-state index contributed by atoms with van der Waals surface area (Å²) in [6.45, 7) is 0.581. The van der Waals surface area contributed by atoms with Crippen molar-refractivity contribution in [2.24, 2.45) is 11.5 Å². The molecule has 1 rings (SSSR count). The van der Waals surface area contributed by atoms with Crippen LogP contribution in [0.1, 0.15) is 0 Å². The molecule has 0 aromatic carbocycles. The Morgan fingerprint density at radius 2 is 2.46 bits per heavy atom. The van der Waals surface area contributed by atoms with Crippen LogP contribution in [-0.4, -0.2) is 29.8 Å². The molecule has 0 spiro atoms. The maximum absolute atomic E-state index is 5.70. The lowest BCUT2D eigenvalue weighted by Crippen LogP contribution is -2.32. The minimum absolute atomic E-state index is 0.146. The minimum atomic E-state index is 0.146. The van der Waals surface area contributed by atoms with Gasteiger partial charge in [-0.15, -0.1) is 11.8 Å². The summed E-state index contributed by atoms with van der Waals surface area (Å²) in [5.74, 6) is 3.12. The third kappa shape index (κ3) is 4.76. The van der Waals surface area contributed by atoms with E-state index in [1.54, 1.807) is 0 Å². The Bertz CT molecular complexity index is 202. The second-order valence-electron chi connectivity index (χ2n) is 2.93. The Morgan fingerprint density at radius 3 is 3.08 bits per heavy atom. The normalized spacial score (nSPS) is 18.5. The molecule has 0 aliphatic carbocycles. The number of nitrogens with two attached hydrogens (primary N) is 2. The molecule has 1 heterocycles. The summed E-state index contributed by atoms with van der Waals surface area (Å²) in [6.07, 6.45) is 4.45. The van der Waals surface area contributed by atoms with Crippen molar-refractivity contribution in [1.29, 1.82) is 0 Å². The number of hydrogen-bond donors (Lipinski definition) is 2. The zero-order valence-corrected chi connectivity index (χ0v) is 9.24. The molecule has 2 nitrogen and oxygen atoms in total. The molecule has 1 aliphatic rings. The SMILES string of the molecule is NCC(N)CSCC1=CCSC=C1. The van der Waals surface area contributed by atoms with E-state index in [2.05, 4.69) is 17.6 Å². The molecule has 13 heavy (non-hydrogen) atoms. The van der Waals surface area contributed by atoms with Crippen molar-refractivity contribution >= 4 is 23.5 Å². The summed E-state index contributed by atoms with van der Waals surface area (Å²) in [5.41, 5.74) is 12.5. The first-order valence-corrected chi connectivity index (χ1v) is 6.54. The number of hydrogen-bond acceptors (Lipinski definition) is 4. The Kier molecular flexibility index (Phi) is 5.62. The highest BCUT2D eigenvalue weighted by molar-refractivity contribution is 8.02. The van der Waals surface area contributed by atoms with Gasteiger partial charge in [0, 0.05) is 29.8 Å². The average molecular weight is 216 g/mol. The Labute approximate surface area is 88.2 Å². The van der Waals surface area contributed by atoms with Gasteiger partial charge in [-0.2, -0.15) is 11.8 Å². The first-order chi connectivity index (χ1) is 6.33. The van der Waals surface area contributed by atoms with Crippen molar-refractivity contribution in [2.45, 2.75) is 6.04 Å². The molecule has 0 saturated carbocycles. The van der Waals surface area contributed by atoms with Gasteiger partial charge in [0.25, 0.3) is 0 Å². The molecular formula is C9H16N2S2. The van der Waals surface area contributed by atoms with Crippen LogP contribution >= 0.6 is 23.5 Å². The smallest absolute Gasteiger partial charge is 0.0255 e. The van der Waals surface area contributed by atoms with Crippen molar-refractivity contribution in [3.63, 3.8) is 0 Å². The van der Waals surface area contributed by atoms with E-state index >= 15 is 0 Å². The molecule has 1 unspecified atom stereocenters. The zero-order chi connectivity index (χ0) is 9.52. The maximum atomic E-state index is 5.70. The second-order valence-corrected chi connectivity index (χ2v) is 4.90. The predicted octanol–water partition coefficient (Wildman–Crippen LogP) is 1.19. The number of allylic oxidation sites excluding steroid dienone is 1. The third-order valence-electron chi connectivity index (χ3n) is 1.72. The molecule has 4 N–H and O–H groups in total. The van der Waals surface area contributed by atoms with Crippen molar-refractivity contribution in [3.8, 4) is 0 Å². The third-order valence-corrected chi connectivity index (χ3v) is 3.61. The van der Waals surface area contributed by atoms with E-state index in [1.807, 2.05) is 23.5 Å². The summed E-state index contributed by atoms with van der Waals surface area (Å²) >= 11 is 3.69. The van der Waals surface area contributed by atoms with Crippen LogP contribution in [-0.2, 0) is 0 Å². The fraction of sp³-hybridized carbons (Fsp3) is 0.556. The zero-order valence-electron chi connectivity index (χ0n) is 7.61. The van der Waals surface area contributed by atoms with Crippen molar-refractivity contribution in [3.05, 3.63) is 23.1 Å². The van der Waals surface area contributed by atoms with Gasteiger partial charge in [0.1, 0.15) is 0 Å². The molecule has 4 heteroatoms. The molecule has 0 aromatic heterocycles. The van der Waals surface area contributed by atoms with E-state index in [0.29, 0.717) is 6.54 Å². The summed E-state index contributed by atoms with van der Waals surface area (Å²) in [7, 11) is 0. The Balaban J connectivity index is 2.12. The van der Waals surface area contributed by atoms with Crippen LogP contribution in [0, 0.1) is 0 Å². The van der Waals surface area contributed by atoms with E-state index in [1.165, 1.54) is 5.57 Å². The molecule has 0 radical (unpaired) electrons. The van der Waals surface area contributed by atoms with E-state index in [9.17, 15) is 0 Å². The molecule has 1 atom stereocenters. The molecule has 0 saturated heterocycles. The van der Waals surface area contributed by atoms with Gasteiger partial charge in [0.15, 0.2) is 0 Å². The lowest BCUT2D eigenvalue weighted by molar-refractivity contribution is 0.763. The van der Waals surface area contributed by atoms with Crippen molar-refractivity contribution in [2.75, 3.05) is 23.8 Å². The molecular weight excluding hydrogens is 200 g/mol. The van der Waals surface area contributed by atoms with Gasteiger partial charge in [0.05, 0.1) is 0 Å².